The SMILES string of the molecule is CC(C)c1ccc(N(C2=CC3(C)c4ccccc4C(N(c4ccc(C(C)C)cc4)c4cccc5c4oc4ccccc45)=CC3c3ccccc32)c2cccc3c2oc2ccccc23)cc1. The van der Waals surface area contributed by atoms with Crippen LogP contribution in [0.25, 0.3) is 55.3 Å². The first kappa shape index (κ1) is 39.1. The Hall–Kier alpha value is -7.56. The zero-order valence-corrected chi connectivity index (χ0v) is 37.4. The van der Waals surface area contributed by atoms with Gasteiger partial charge in [-0.3, -0.25) is 0 Å². The van der Waals surface area contributed by atoms with Gasteiger partial charge in [-0.25, -0.2) is 0 Å². The van der Waals surface area contributed by atoms with Crippen LogP contribution in [0, 0.1) is 0 Å². The maximum absolute atomic E-state index is 6.82. The molecule has 0 spiro atoms. The van der Waals surface area contributed by atoms with Gasteiger partial charge in [0.05, 0.1) is 22.8 Å². The first-order valence-corrected chi connectivity index (χ1v) is 23.0. The third-order valence-corrected chi connectivity index (χ3v) is 14.1. The lowest BCUT2D eigenvalue weighted by atomic mass is 9.60. The summed E-state index contributed by atoms with van der Waals surface area (Å²) in [5, 5.41) is 4.44. The highest BCUT2D eigenvalue weighted by atomic mass is 16.3. The smallest absolute Gasteiger partial charge is 0.159 e. The van der Waals surface area contributed by atoms with Gasteiger partial charge in [-0.15, -0.1) is 0 Å². The molecule has 65 heavy (non-hydrogen) atoms. The molecule has 2 atom stereocenters. The predicted octanol–water partition coefficient (Wildman–Crippen LogP) is 17.2. The number of fused-ring (bicyclic) bond motifs is 11. The van der Waals surface area contributed by atoms with E-state index in [2.05, 4.69) is 239 Å². The molecule has 4 nitrogen and oxygen atoms in total. The number of nitrogens with zero attached hydrogens (tertiary/aromatic N) is 2. The summed E-state index contributed by atoms with van der Waals surface area (Å²) in [7, 11) is 0. The summed E-state index contributed by atoms with van der Waals surface area (Å²) in [6.45, 7) is 11.4. The highest BCUT2D eigenvalue weighted by Gasteiger charge is 2.46. The summed E-state index contributed by atoms with van der Waals surface area (Å²) in [5.74, 6) is 0.821. The molecule has 8 aromatic carbocycles. The Labute approximate surface area is 380 Å². The Morgan fingerprint density at radius 2 is 0.908 bits per heavy atom. The summed E-state index contributed by atoms with van der Waals surface area (Å²) < 4.78 is 13.6. The van der Waals surface area contributed by atoms with Gasteiger partial charge in [0.15, 0.2) is 11.2 Å². The fraction of sp³-hybridized carbons (Fsp3) is 0.148. The van der Waals surface area contributed by atoms with E-state index in [4.69, 9.17) is 8.83 Å². The minimum absolute atomic E-state index is 0.00757. The van der Waals surface area contributed by atoms with Crippen LogP contribution in [0.5, 0.6) is 0 Å². The predicted molar refractivity (Wildman–Crippen MR) is 272 cm³/mol. The van der Waals surface area contributed by atoms with E-state index in [1.54, 1.807) is 0 Å². The maximum atomic E-state index is 6.82. The van der Waals surface area contributed by atoms with Crippen LogP contribution < -0.4 is 9.80 Å². The van der Waals surface area contributed by atoms with Crippen LogP contribution in [-0.2, 0) is 5.41 Å². The second-order valence-corrected chi connectivity index (χ2v) is 18.6. The van der Waals surface area contributed by atoms with E-state index in [0.29, 0.717) is 11.8 Å². The summed E-state index contributed by atoms with van der Waals surface area (Å²) >= 11 is 0. The van der Waals surface area contributed by atoms with Gasteiger partial charge in [0, 0.05) is 55.4 Å². The topological polar surface area (TPSA) is 32.8 Å². The van der Waals surface area contributed by atoms with Crippen molar-refractivity contribution in [1.82, 2.24) is 0 Å². The van der Waals surface area contributed by atoms with Crippen molar-refractivity contribution in [2.75, 3.05) is 9.80 Å². The fourth-order valence-electron chi connectivity index (χ4n) is 10.7. The molecule has 10 aromatic rings. The molecule has 2 aliphatic rings. The number of hydrogen-bond donors (Lipinski definition) is 0. The minimum atomic E-state index is -0.444. The fourth-order valence-corrected chi connectivity index (χ4v) is 10.7. The van der Waals surface area contributed by atoms with Crippen molar-refractivity contribution in [3.05, 3.63) is 228 Å². The number of furan rings is 2. The molecule has 0 saturated carbocycles. The number of rotatable bonds is 8. The monoisotopic (exact) mass is 842 g/mol. The van der Waals surface area contributed by atoms with Gasteiger partial charge in [-0.2, -0.15) is 0 Å². The van der Waals surface area contributed by atoms with Crippen LogP contribution in [0.3, 0.4) is 0 Å². The number of anilines is 4. The third kappa shape index (κ3) is 6.11. The second-order valence-electron chi connectivity index (χ2n) is 18.6. The normalized spacial score (nSPS) is 16.8. The highest BCUT2D eigenvalue weighted by molar-refractivity contribution is 6.13. The molecule has 2 aromatic heterocycles. The molecular weight excluding hydrogens is 793 g/mol. The van der Waals surface area contributed by atoms with Crippen molar-refractivity contribution >= 4 is 78.0 Å². The van der Waals surface area contributed by atoms with E-state index >= 15 is 0 Å². The molecule has 316 valence electrons. The van der Waals surface area contributed by atoms with E-state index < -0.39 is 5.41 Å². The molecule has 0 bridgehead atoms. The average molecular weight is 843 g/mol. The Balaban J connectivity index is 1.11. The van der Waals surface area contributed by atoms with Crippen LogP contribution in [0.1, 0.15) is 85.8 Å². The Morgan fingerprint density at radius 3 is 1.46 bits per heavy atom. The van der Waals surface area contributed by atoms with E-state index in [9.17, 15) is 0 Å². The van der Waals surface area contributed by atoms with Crippen LogP contribution in [-0.4, -0.2) is 0 Å². The van der Waals surface area contributed by atoms with Gasteiger partial charge < -0.3 is 18.6 Å². The Bertz CT molecular complexity index is 3530. The molecular formula is C61H50N2O2. The van der Waals surface area contributed by atoms with Gasteiger partial charge in [-0.1, -0.05) is 174 Å². The van der Waals surface area contributed by atoms with Crippen molar-refractivity contribution in [3.8, 4) is 0 Å². The molecule has 2 heterocycles. The lowest BCUT2D eigenvalue weighted by molar-refractivity contribution is 0.514. The van der Waals surface area contributed by atoms with Crippen molar-refractivity contribution < 1.29 is 8.83 Å². The molecule has 0 radical (unpaired) electrons. The Kier molecular flexibility index (Phi) is 9.03. The molecule has 12 rings (SSSR count). The van der Waals surface area contributed by atoms with Crippen LogP contribution in [0.2, 0.25) is 0 Å². The number of allylic oxidation sites excluding steroid dienone is 2. The zero-order chi connectivity index (χ0) is 44.0. The minimum Gasteiger partial charge on any atom is -0.454 e. The maximum Gasteiger partial charge on any atom is 0.159 e. The highest BCUT2D eigenvalue weighted by Crippen LogP contribution is 2.57. The van der Waals surface area contributed by atoms with Gasteiger partial charge in [0.25, 0.3) is 0 Å². The van der Waals surface area contributed by atoms with Crippen LogP contribution >= 0.6 is 0 Å². The molecule has 0 saturated heterocycles. The third-order valence-electron chi connectivity index (χ3n) is 14.1. The first-order valence-electron chi connectivity index (χ1n) is 23.0. The Morgan fingerprint density at radius 1 is 0.446 bits per heavy atom. The van der Waals surface area contributed by atoms with Crippen molar-refractivity contribution in [2.45, 2.75) is 57.8 Å². The summed E-state index contributed by atoms with van der Waals surface area (Å²) in [6.07, 6.45) is 5.08. The summed E-state index contributed by atoms with van der Waals surface area (Å²) in [4.78, 5) is 4.89. The van der Waals surface area contributed by atoms with Crippen molar-refractivity contribution in [2.24, 2.45) is 0 Å². The lowest BCUT2D eigenvalue weighted by Gasteiger charge is -2.47. The molecule has 0 N–H and O–H groups in total. The van der Waals surface area contributed by atoms with E-state index in [1.165, 1.54) is 33.4 Å². The standard InChI is InChI=1S/C61H50N2O2/c1-38(2)40-28-32-42(33-29-40)62(53-24-14-21-48-46-18-9-12-26-57(46)64-59(48)53)55-36-52-44-16-6-7-17-45(44)56(37-61(52,5)51-23-11-8-20-50(51)55)63(43-34-30-41(31-35-43)39(3)4)54-25-15-22-49-47-19-10-13-27-58(47)65-60(49)54/h6-39,52H,1-5H3. The van der Waals surface area contributed by atoms with Crippen molar-refractivity contribution in [1.29, 1.82) is 0 Å². The zero-order valence-electron chi connectivity index (χ0n) is 37.4. The van der Waals surface area contributed by atoms with Crippen LogP contribution in [0.4, 0.5) is 22.7 Å². The molecule has 0 amide bonds. The van der Waals surface area contributed by atoms with E-state index in [1.807, 2.05) is 0 Å². The van der Waals surface area contributed by atoms with Crippen molar-refractivity contribution in [3.63, 3.8) is 0 Å². The molecule has 2 unspecified atom stereocenters. The second kappa shape index (κ2) is 15.0. The number of hydrogen-bond acceptors (Lipinski definition) is 4. The molecule has 2 aliphatic carbocycles. The largest absolute Gasteiger partial charge is 0.454 e. The van der Waals surface area contributed by atoms with Gasteiger partial charge in [-0.05, 0) is 88.7 Å². The van der Waals surface area contributed by atoms with E-state index in [-0.39, 0.29) is 5.92 Å². The van der Waals surface area contributed by atoms with Gasteiger partial charge >= 0.3 is 0 Å². The summed E-state index contributed by atoms with van der Waals surface area (Å²) in [5.41, 5.74) is 17.1. The van der Waals surface area contributed by atoms with Gasteiger partial charge in [0.2, 0.25) is 0 Å². The first-order chi connectivity index (χ1) is 31.8. The van der Waals surface area contributed by atoms with E-state index in [0.717, 1.165) is 78.0 Å². The quantitative estimate of drug-likeness (QED) is 0.153. The van der Waals surface area contributed by atoms with Crippen LogP contribution in [0.15, 0.2) is 203 Å². The van der Waals surface area contributed by atoms with Gasteiger partial charge in [0.1, 0.15) is 11.2 Å². The summed E-state index contributed by atoms with van der Waals surface area (Å²) in [6, 6.07) is 66.2. The molecule has 4 heteroatoms. The average Bonchev–Trinajstić information content (AvgIpc) is 3.92. The number of para-hydroxylation sites is 4. The molecule has 0 aliphatic heterocycles. The number of benzene rings is 8. The molecule has 0 fully saturated rings. The lowest BCUT2D eigenvalue weighted by Crippen LogP contribution is -2.38.